The van der Waals surface area contributed by atoms with E-state index in [4.69, 9.17) is 0 Å². The normalized spacial score (nSPS) is 16.6. The predicted octanol–water partition coefficient (Wildman–Crippen LogP) is 4.35. The first-order valence-corrected chi connectivity index (χ1v) is 10.5. The average Bonchev–Trinajstić information content (AvgIpc) is 2.84. The highest BCUT2D eigenvalue weighted by Crippen LogP contribution is 2.27. The second-order valence-corrected chi connectivity index (χ2v) is 7.79. The van der Waals surface area contributed by atoms with Gasteiger partial charge in [-0.1, -0.05) is 72.8 Å². The zero-order valence-electron chi connectivity index (χ0n) is 17.1. The Balaban J connectivity index is 1.35. The Morgan fingerprint density at radius 1 is 0.767 bits per heavy atom. The number of hydrogen-bond acceptors (Lipinski definition) is 4. The molecular formula is C26H27N3O. The predicted molar refractivity (Wildman–Crippen MR) is 121 cm³/mol. The molecule has 0 spiro atoms. The number of rotatable bonds is 6. The molecule has 30 heavy (non-hydrogen) atoms. The van der Waals surface area contributed by atoms with Crippen molar-refractivity contribution in [3.05, 3.63) is 90.5 Å². The number of aliphatic hydroxyl groups is 1. The van der Waals surface area contributed by atoms with E-state index in [1.807, 2.05) is 48.5 Å². The van der Waals surface area contributed by atoms with Gasteiger partial charge < -0.3 is 10.0 Å². The second-order valence-electron chi connectivity index (χ2n) is 7.79. The van der Waals surface area contributed by atoms with E-state index in [0.29, 0.717) is 6.54 Å². The number of nitrogens with zero attached hydrogens (tertiary/aromatic N) is 3. The fraction of sp³-hybridized carbons (Fsp3) is 0.269. The zero-order chi connectivity index (χ0) is 20.8. The maximum absolute atomic E-state index is 10.8. The van der Waals surface area contributed by atoms with Gasteiger partial charge in [0.1, 0.15) is 0 Å². The van der Waals surface area contributed by atoms with Gasteiger partial charge in [0.25, 0.3) is 0 Å². The van der Waals surface area contributed by atoms with E-state index >= 15 is 0 Å². The molecule has 0 bridgehead atoms. The Labute approximate surface area is 178 Å². The molecule has 1 aliphatic heterocycles. The van der Waals surface area contributed by atoms with Crippen molar-refractivity contribution in [3.8, 4) is 17.2 Å². The van der Waals surface area contributed by atoms with Crippen molar-refractivity contribution < 1.29 is 5.11 Å². The molecule has 1 fully saturated rings. The molecule has 4 rings (SSSR count). The monoisotopic (exact) mass is 397 g/mol. The van der Waals surface area contributed by atoms with E-state index in [-0.39, 0.29) is 0 Å². The number of nitriles is 1. The Morgan fingerprint density at radius 3 is 1.93 bits per heavy atom. The van der Waals surface area contributed by atoms with Crippen LogP contribution in [0.4, 0.5) is 5.69 Å². The van der Waals surface area contributed by atoms with Crippen LogP contribution < -0.4 is 4.90 Å². The lowest BCUT2D eigenvalue weighted by Crippen LogP contribution is -2.48. The largest absolute Gasteiger partial charge is 0.387 e. The summed E-state index contributed by atoms with van der Waals surface area (Å²) in [6.07, 6.45) is -0.785. The molecule has 1 N–H and O–H groups in total. The highest BCUT2D eigenvalue weighted by molar-refractivity contribution is 5.63. The smallest absolute Gasteiger partial charge is 0.0960 e. The lowest BCUT2D eigenvalue weighted by Gasteiger charge is -2.37. The standard InChI is InChI=1S/C26H27N3O/c27-19-24(20-28-15-17-29(18-16-28)25-9-5-2-6-10-25)26(30)23-13-11-22(12-14-23)21-7-3-1-4-8-21/h1-14,24,26,30H,15-18,20H2/t24-,26-/m1/s1. The highest BCUT2D eigenvalue weighted by atomic mass is 16.3. The van der Waals surface area contributed by atoms with Crippen LogP contribution in [0.5, 0.6) is 0 Å². The third-order valence-electron chi connectivity index (χ3n) is 5.85. The van der Waals surface area contributed by atoms with Crippen LogP contribution in [0, 0.1) is 17.2 Å². The summed E-state index contributed by atoms with van der Waals surface area (Å²) in [7, 11) is 0. The van der Waals surface area contributed by atoms with Gasteiger partial charge in [-0.15, -0.1) is 0 Å². The SMILES string of the molecule is N#C[C@H](CN1CCN(c2ccccc2)CC1)[C@H](O)c1ccc(-c2ccccc2)cc1. The van der Waals surface area contributed by atoms with Gasteiger partial charge in [-0.2, -0.15) is 5.26 Å². The van der Waals surface area contributed by atoms with Crippen molar-refractivity contribution in [1.82, 2.24) is 4.90 Å². The summed E-state index contributed by atoms with van der Waals surface area (Å²) < 4.78 is 0. The molecule has 1 heterocycles. The van der Waals surface area contributed by atoms with Crippen LogP contribution >= 0.6 is 0 Å². The maximum atomic E-state index is 10.8. The van der Waals surface area contributed by atoms with Gasteiger partial charge in [-0.25, -0.2) is 0 Å². The van der Waals surface area contributed by atoms with Gasteiger partial charge in [0.2, 0.25) is 0 Å². The van der Waals surface area contributed by atoms with E-state index in [2.05, 4.69) is 52.3 Å². The summed E-state index contributed by atoms with van der Waals surface area (Å²) in [4.78, 5) is 4.66. The molecule has 0 unspecified atom stereocenters. The molecule has 0 amide bonds. The number of para-hydroxylation sites is 1. The van der Waals surface area contributed by atoms with Crippen molar-refractivity contribution >= 4 is 5.69 Å². The molecule has 3 aromatic rings. The molecule has 2 atom stereocenters. The van der Waals surface area contributed by atoms with Crippen molar-refractivity contribution in [2.45, 2.75) is 6.10 Å². The Bertz CT molecular complexity index is 959. The molecule has 1 saturated heterocycles. The van der Waals surface area contributed by atoms with Crippen LogP contribution in [0.25, 0.3) is 11.1 Å². The zero-order valence-corrected chi connectivity index (χ0v) is 17.1. The number of aliphatic hydroxyl groups excluding tert-OH is 1. The Morgan fingerprint density at radius 2 is 1.33 bits per heavy atom. The van der Waals surface area contributed by atoms with E-state index in [1.165, 1.54) is 5.69 Å². The van der Waals surface area contributed by atoms with Crippen molar-refractivity contribution in [3.63, 3.8) is 0 Å². The Kier molecular flexibility index (Phi) is 6.44. The van der Waals surface area contributed by atoms with E-state index < -0.39 is 12.0 Å². The fourth-order valence-electron chi connectivity index (χ4n) is 4.05. The second kappa shape index (κ2) is 9.58. The topological polar surface area (TPSA) is 50.5 Å². The maximum Gasteiger partial charge on any atom is 0.0960 e. The number of piperazine rings is 1. The van der Waals surface area contributed by atoms with Gasteiger partial charge in [-0.3, -0.25) is 4.90 Å². The van der Waals surface area contributed by atoms with Gasteiger partial charge in [-0.05, 0) is 28.8 Å². The minimum atomic E-state index is -0.785. The molecule has 152 valence electrons. The molecular weight excluding hydrogens is 370 g/mol. The molecule has 4 heteroatoms. The lowest BCUT2D eigenvalue weighted by molar-refractivity contribution is 0.104. The third-order valence-corrected chi connectivity index (χ3v) is 5.85. The summed E-state index contributed by atoms with van der Waals surface area (Å²) in [5.74, 6) is -0.448. The summed E-state index contributed by atoms with van der Waals surface area (Å²) >= 11 is 0. The molecule has 0 aromatic heterocycles. The summed E-state index contributed by atoms with van der Waals surface area (Å²) in [5, 5.41) is 20.5. The summed E-state index contributed by atoms with van der Waals surface area (Å²) in [6, 6.07) is 30.8. The van der Waals surface area contributed by atoms with Crippen molar-refractivity contribution in [2.24, 2.45) is 5.92 Å². The first-order valence-electron chi connectivity index (χ1n) is 10.5. The quantitative estimate of drug-likeness (QED) is 0.672. The Hall–Kier alpha value is -3.13. The minimum Gasteiger partial charge on any atom is -0.387 e. The van der Waals surface area contributed by atoms with E-state index in [1.54, 1.807) is 0 Å². The molecule has 0 aliphatic carbocycles. The first-order chi connectivity index (χ1) is 14.7. The number of hydrogen-bond donors (Lipinski definition) is 1. The number of benzene rings is 3. The number of anilines is 1. The lowest BCUT2D eigenvalue weighted by atomic mass is 9.94. The van der Waals surface area contributed by atoms with Gasteiger partial charge in [0, 0.05) is 38.4 Å². The van der Waals surface area contributed by atoms with Crippen LogP contribution in [-0.4, -0.2) is 42.7 Å². The summed E-state index contributed by atoms with van der Waals surface area (Å²) in [6.45, 7) is 4.24. The minimum absolute atomic E-state index is 0.448. The molecule has 0 radical (unpaired) electrons. The van der Waals surface area contributed by atoms with Crippen molar-refractivity contribution in [1.29, 1.82) is 5.26 Å². The van der Waals surface area contributed by atoms with Crippen LogP contribution in [0.1, 0.15) is 11.7 Å². The average molecular weight is 398 g/mol. The molecule has 1 aliphatic rings. The summed E-state index contributed by atoms with van der Waals surface area (Å²) in [5.41, 5.74) is 4.29. The van der Waals surface area contributed by atoms with Gasteiger partial charge in [0.05, 0.1) is 18.1 Å². The molecule has 3 aromatic carbocycles. The molecule has 0 saturated carbocycles. The highest BCUT2D eigenvalue weighted by Gasteiger charge is 2.26. The van der Waals surface area contributed by atoms with Crippen molar-refractivity contribution in [2.75, 3.05) is 37.6 Å². The molecule has 4 nitrogen and oxygen atoms in total. The fourth-order valence-corrected chi connectivity index (χ4v) is 4.05. The van der Waals surface area contributed by atoms with Crippen LogP contribution in [0.3, 0.4) is 0 Å². The van der Waals surface area contributed by atoms with Crippen LogP contribution in [0.2, 0.25) is 0 Å². The third kappa shape index (κ3) is 4.71. The first kappa shape index (κ1) is 20.2. The van der Waals surface area contributed by atoms with Gasteiger partial charge >= 0.3 is 0 Å². The van der Waals surface area contributed by atoms with E-state index in [0.717, 1.165) is 42.9 Å². The van der Waals surface area contributed by atoms with Gasteiger partial charge in [0.15, 0.2) is 0 Å². The van der Waals surface area contributed by atoms with E-state index in [9.17, 15) is 10.4 Å². The van der Waals surface area contributed by atoms with Crippen LogP contribution in [0.15, 0.2) is 84.9 Å². The van der Waals surface area contributed by atoms with Crippen LogP contribution in [-0.2, 0) is 0 Å².